The molecule has 0 bridgehead atoms. The predicted molar refractivity (Wildman–Crippen MR) is 47.2 cm³/mol. The van der Waals surface area contributed by atoms with Gasteiger partial charge >= 0.3 is 51.4 Å². The fraction of sp³-hybridized carbons (Fsp3) is 0. The number of nitrogens with zero attached hydrogens (tertiary/aromatic N) is 1. The average molecular weight is 286 g/mol. The number of hydrogen-bond acceptors (Lipinski definition) is 3. The van der Waals surface area contributed by atoms with Crippen molar-refractivity contribution in [1.82, 2.24) is 0 Å². The minimum absolute atomic E-state index is 0. The molecule has 0 fully saturated rings. The van der Waals surface area contributed by atoms with E-state index in [1.165, 1.54) is 5.40 Å². The van der Waals surface area contributed by atoms with E-state index < -0.39 is 0 Å². The first-order chi connectivity index (χ1) is 3.15. The summed E-state index contributed by atoms with van der Waals surface area (Å²) in [5.74, 6) is -0.333. The van der Waals surface area contributed by atoms with Crippen LogP contribution in [0.15, 0.2) is 0 Å². The molecule has 0 saturated carbocycles. The van der Waals surface area contributed by atoms with Crippen LogP contribution < -0.4 is 62.9 Å². The molecular weight excluding hydrogens is 278 g/mol. The fourth-order valence-corrected chi connectivity index (χ4v) is 0. The molecule has 7 heteroatoms. The SMILES string of the molecule is I.N#CS.N=C(N)N.[H-].[K+]. The van der Waals surface area contributed by atoms with E-state index in [0.29, 0.717) is 0 Å². The van der Waals surface area contributed by atoms with Crippen LogP contribution in [-0.4, -0.2) is 5.96 Å². The number of nitrogens with two attached hydrogens (primary N) is 2. The zero-order valence-corrected chi connectivity index (χ0v) is 11.3. The molecule has 0 aliphatic rings. The third kappa shape index (κ3) is 243. The summed E-state index contributed by atoms with van der Waals surface area (Å²) in [7, 11) is 0. The van der Waals surface area contributed by atoms with Crippen LogP contribution in [0.4, 0.5) is 0 Å². The van der Waals surface area contributed by atoms with Gasteiger partial charge in [-0.15, -0.1) is 24.0 Å². The van der Waals surface area contributed by atoms with Crippen LogP contribution in [0.5, 0.6) is 0 Å². The van der Waals surface area contributed by atoms with E-state index in [2.05, 4.69) is 24.1 Å². The number of thiol groups is 1. The Morgan fingerprint density at radius 2 is 1.67 bits per heavy atom. The number of halogens is 1. The fourth-order valence-electron chi connectivity index (χ4n) is 0. The Balaban J connectivity index is -0.0000000131. The number of thiocyanates is 1. The predicted octanol–water partition coefficient (Wildman–Crippen LogP) is -3.03. The summed E-state index contributed by atoms with van der Waals surface area (Å²) in [6, 6.07) is 0. The van der Waals surface area contributed by atoms with Crippen LogP contribution in [0.3, 0.4) is 0 Å². The minimum atomic E-state index is -0.333. The summed E-state index contributed by atoms with van der Waals surface area (Å²) in [4.78, 5) is 0. The molecule has 0 heterocycles. The molecule has 0 unspecified atom stereocenters. The second kappa shape index (κ2) is 22.7. The second-order valence-electron chi connectivity index (χ2n) is 0.555. The maximum Gasteiger partial charge on any atom is 1.00 e. The first kappa shape index (κ1) is 22.4. The topological polar surface area (TPSA) is 99.7 Å². The molecule has 50 valence electrons. The standard InChI is InChI=1S/CH5N3.CHNS.HI.K.H/c2-1(3)4;2-1-3;;;/h(H5,2,3,4);3H;1H;;/q;;;+1;-1. The summed E-state index contributed by atoms with van der Waals surface area (Å²) in [6.07, 6.45) is 0. The maximum absolute atomic E-state index is 7.18. The number of nitrogens with one attached hydrogen (secondary N) is 1. The average Bonchev–Trinajstić information content (AvgIpc) is 1.33. The summed E-state index contributed by atoms with van der Waals surface area (Å²) in [6.45, 7) is 0. The molecule has 0 saturated heterocycles. The van der Waals surface area contributed by atoms with Crippen LogP contribution in [0.2, 0.25) is 0 Å². The first-order valence-corrected chi connectivity index (χ1v) is 1.72. The number of hydrogen-bond donors (Lipinski definition) is 4. The normalized spacial score (nSPS) is 3.56. The molecule has 0 atom stereocenters. The van der Waals surface area contributed by atoms with Crippen LogP contribution in [-0.2, 0) is 0 Å². The van der Waals surface area contributed by atoms with Crippen molar-refractivity contribution in [1.29, 1.82) is 10.7 Å². The second-order valence-corrected chi connectivity index (χ2v) is 0.755. The Hall–Kier alpha value is 1.48. The van der Waals surface area contributed by atoms with Gasteiger partial charge in [0.1, 0.15) is 5.40 Å². The Morgan fingerprint density at radius 3 is 1.67 bits per heavy atom. The van der Waals surface area contributed by atoms with E-state index in [0.717, 1.165) is 0 Å². The molecule has 0 rings (SSSR count). The van der Waals surface area contributed by atoms with Gasteiger partial charge < -0.3 is 12.9 Å². The van der Waals surface area contributed by atoms with E-state index in [-0.39, 0.29) is 82.7 Å². The monoisotopic (exact) mass is 286 g/mol. The molecule has 0 aromatic heterocycles. The van der Waals surface area contributed by atoms with Crippen molar-refractivity contribution in [2.45, 2.75) is 0 Å². The van der Waals surface area contributed by atoms with E-state index in [9.17, 15) is 0 Å². The first-order valence-electron chi connectivity index (χ1n) is 1.27. The maximum atomic E-state index is 7.18. The van der Waals surface area contributed by atoms with Gasteiger partial charge in [0.25, 0.3) is 0 Å². The van der Waals surface area contributed by atoms with Crippen molar-refractivity contribution in [3.8, 4) is 5.40 Å². The summed E-state index contributed by atoms with van der Waals surface area (Å²) < 4.78 is 0. The molecule has 0 amide bonds. The molecule has 0 radical (unpaired) electrons. The van der Waals surface area contributed by atoms with Gasteiger partial charge in [-0.2, -0.15) is 5.26 Å². The van der Waals surface area contributed by atoms with Crippen LogP contribution >= 0.6 is 36.6 Å². The number of nitriles is 1. The zero-order valence-electron chi connectivity index (χ0n) is 5.96. The van der Waals surface area contributed by atoms with E-state index in [1.54, 1.807) is 0 Å². The minimum Gasteiger partial charge on any atom is -1.00 e. The number of rotatable bonds is 0. The van der Waals surface area contributed by atoms with E-state index in [1.807, 2.05) is 0 Å². The van der Waals surface area contributed by atoms with Gasteiger partial charge in [0.15, 0.2) is 5.96 Å². The summed E-state index contributed by atoms with van der Waals surface area (Å²) in [5, 5.41) is 14.7. The third-order valence-corrected chi connectivity index (χ3v) is 0. The summed E-state index contributed by atoms with van der Waals surface area (Å²) in [5.41, 5.74) is 8.94. The smallest absolute Gasteiger partial charge is 1.00 e. The zero-order chi connectivity index (χ0) is 6.28. The Kier molecular flexibility index (Phi) is 56.6. The summed E-state index contributed by atoms with van der Waals surface area (Å²) >= 11 is 3.09. The largest absolute Gasteiger partial charge is 1.00 e. The van der Waals surface area contributed by atoms with Crippen LogP contribution in [0.1, 0.15) is 1.43 Å². The van der Waals surface area contributed by atoms with Gasteiger partial charge in [-0.05, 0) is 0 Å². The van der Waals surface area contributed by atoms with Crippen LogP contribution in [0.25, 0.3) is 0 Å². The molecule has 4 nitrogen and oxygen atoms in total. The van der Waals surface area contributed by atoms with Gasteiger partial charge in [0.05, 0.1) is 0 Å². The van der Waals surface area contributed by atoms with E-state index in [4.69, 9.17) is 10.7 Å². The number of guanidine groups is 1. The van der Waals surface area contributed by atoms with Gasteiger partial charge in [-0.3, -0.25) is 5.41 Å². The molecular formula is C2H8IKN4S. The van der Waals surface area contributed by atoms with Crippen molar-refractivity contribution in [3.05, 3.63) is 0 Å². The molecule has 0 aromatic carbocycles. The Bertz CT molecular complexity index is 91.7. The molecule has 0 spiro atoms. The molecule has 0 aromatic rings. The van der Waals surface area contributed by atoms with Gasteiger partial charge in [0.2, 0.25) is 0 Å². The van der Waals surface area contributed by atoms with Crippen molar-refractivity contribution in [2.75, 3.05) is 0 Å². The van der Waals surface area contributed by atoms with Gasteiger partial charge in [-0.25, -0.2) is 0 Å². The van der Waals surface area contributed by atoms with Crippen molar-refractivity contribution < 1.29 is 52.8 Å². The van der Waals surface area contributed by atoms with Crippen LogP contribution in [0, 0.1) is 16.1 Å². The molecule has 5 N–H and O–H groups in total. The van der Waals surface area contributed by atoms with Crippen molar-refractivity contribution in [2.24, 2.45) is 11.5 Å². The molecule has 0 aliphatic heterocycles. The van der Waals surface area contributed by atoms with Gasteiger partial charge in [0, 0.05) is 0 Å². The molecule has 0 aliphatic carbocycles. The van der Waals surface area contributed by atoms with Crippen molar-refractivity contribution >= 4 is 42.6 Å². The quantitative estimate of drug-likeness (QED) is 0.0952. The van der Waals surface area contributed by atoms with E-state index >= 15 is 0 Å². The Labute approximate surface area is 121 Å². The van der Waals surface area contributed by atoms with Gasteiger partial charge in [-0.1, -0.05) is 12.6 Å². The third-order valence-electron chi connectivity index (χ3n) is 0. The molecule has 9 heavy (non-hydrogen) atoms. The van der Waals surface area contributed by atoms with Crippen molar-refractivity contribution in [3.63, 3.8) is 0 Å². The Morgan fingerprint density at radius 1 is 1.67 bits per heavy atom.